The Balaban J connectivity index is 2.80. The van der Waals surface area contributed by atoms with Crippen molar-refractivity contribution in [3.05, 3.63) is 45.2 Å². The van der Waals surface area contributed by atoms with Gasteiger partial charge >= 0.3 is 0 Å². The highest BCUT2D eigenvalue weighted by molar-refractivity contribution is 9.08. The zero-order valence-electron chi connectivity index (χ0n) is 9.43. The summed E-state index contributed by atoms with van der Waals surface area (Å²) in [6, 6.07) is 6.17. The molecule has 0 fully saturated rings. The molecule has 0 aliphatic rings. The lowest BCUT2D eigenvalue weighted by Gasteiger charge is -2.06. The molecule has 2 nitrogen and oxygen atoms in total. The number of hydrogen-bond donors (Lipinski definition) is 1. The van der Waals surface area contributed by atoms with Crippen LogP contribution in [0, 0.1) is 6.92 Å². The normalized spacial score (nSPS) is 10.9. The van der Waals surface area contributed by atoms with Crippen LogP contribution in [0.5, 0.6) is 0 Å². The van der Waals surface area contributed by atoms with E-state index < -0.39 is 0 Å². The second-order valence-electron chi connectivity index (χ2n) is 3.98. The molecule has 0 aliphatic heterocycles. The van der Waals surface area contributed by atoms with Gasteiger partial charge < -0.3 is 4.98 Å². The van der Waals surface area contributed by atoms with Crippen molar-refractivity contribution in [1.82, 2.24) is 4.98 Å². The van der Waals surface area contributed by atoms with Crippen LogP contribution in [0.2, 0.25) is 0 Å². The highest BCUT2D eigenvalue weighted by Crippen LogP contribution is 2.20. The smallest absolute Gasteiger partial charge is 0.251 e. The van der Waals surface area contributed by atoms with Gasteiger partial charge in [-0.2, -0.15) is 0 Å². The van der Waals surface area contributed by atoms with Gasteiger partial charge in [0.15, 0.2) is 0 Å². The average molecular weight is 280 g/mol. The van der Waals surface area contributed by atoms with Gasteiger partial charge in [-0.1, -0.05) is 28.9 Å². The molecule has 2 rings (SSSR count). The van der Waals surface area contributed by atoms with Crippen LogP contribution in [-0.4, -0.2) is 4.98 Å². The van der Waals surface area contributed by atoms with E-state index in [1.165, 1.54) is 11.1 Å². The first kappa shape index (κ1) is 11.4. The number of aromatic amines is 1. The highest BCUT2D eigenvalue weighted by atomic mass is 79.9. The van der Waals surface area contributed by atoms with Crippen molar-refractivity contribution >= 4 is 26.8 Å². The van der Waals surface area contributed by atoms with Gasteiger partial charge in [0.05, 0.1) is 0 Å². The fraction of sp³-hybridized carbons (Fsp3) is 0.308. The van der Waals surface area contributed by atoms with Crippen molar-refractivity contribution in [3.8, 4) is 0 Å². The Hall–Kier alpha value is -1.09. The van der Waals surface area contributed by atoms with Gasteiger partial charge in [-0.05, 0) is 36.6 Å². The van der Waals surface area contributed by atoms with E-state index in [1.807, 2.05) is 19.1 Å². The minimum atomic E-state index is 0.0288. The number of hydrogen-bond acceptors (Lipinski definition) is 1. The van der Waals surface area contributed by atoms with Crippen LogP contribution in [0.3, 0.4) is 0 Å². The van der Waals surface area contributed by atoms with E-state index >= 15 is 0 Å². The molecule has 0 saturated heterocycles. The average Bonchev–Trinajstić information content (AvgIpc) is 2.28. The lowest BCUT2D eigenvalue weighted by atomic mass is 10.0. The topological polar surface area (TPSA) is 32.9 Å². The zero-order valence-corrected chi connectivity index (χ0v) is 11.0. The Bertz CT molecular complexity index is 586. The molecule has 16 heavy (non-hydrogen) atoms. The SMILES string of the molecule is CCc1cc2c(C)cc(CBr)cc2[nH]c1=O. The summed E-state index contributed by atoms with van der Waals surface area (Å²) in [7, 11) is 0. The fourth-order valence-electron chi connectivity index (χ4n) is 1.95. The Kier molecular flexibility index (Phi) is 3.15. The third kappa shape index (κ3) is 1.92. The van der Waals surface area contributed by atoms with E-state index in [9.17, 15) is 4.79 Å². The van der Waals surface area contributed by atoms with Crippen molar-refractivity contribution in [2.45, 2.75) is 25.6 Å². The number of aromatic nitrogens is 1. The number of fused-ring (bicyclic) bond motifs is 1. The standard InChI is InChI=1S/C13H14BrNO/c1-3-10-6-11-8(2)4-9(7-14)5-12(11)15-13(10)16/h4-6H,3,7H2,1-2H3,(H,15,16). The van der Waals surface area contributed by atoms with Gasteiger partial charge in [-0.25, -0.2) is 0 Å². The van der Waals surface area contributed by atoms with E-state index in [2.05, 4.69) is 33.9 Å². The van der Waals surface area contributed by atoms with Gasteiger partial charge in [0.2, 0.25) is 0 Å². The second kappa shape index (κ2) is 4.42. The van der Waals surface area contributed by atoms with Crippen LogP contribution in [-0.2, 0) is 11.8 Å². The number of benzene rings is 1. The third-order valence-corrected chi connectivity index (χ3v) is 3.49. The molecular weight excluding hydrogens is 266 g/mol. The second-order valence-corrected chi connectivity index (χ2v) is 4.55. The maximum absolute atomic E-state index is 11.7. The molecule has 0 saturated carbocycles. The number of rotatable bonds is 2. The van der Waals surface area contributed by atoms with Gasteiger partial charge in [-0.3, -0.25) is 4.79 Å². The molecular formula is C13H14BrNO. The minimum absolute atomic E-state index is 0.0288. The van der Waals surface area contributed by atoms with Crippen LogP contribution in [0.25, 0.3) is 10.9 Å². The molecule has 1 aromatic heterocycles. The third-order valence-electron chi connectivity index (χ3n) is 2.84. The molecule has 0 radical (unpaired) electrons. The first-order chi connectivity index (χ1) is 7.65. The van der Waals surface area contributed by atoms with Crippen LogP contribution >= 0.6 is 15.9 Å². The molecule has 3 heteroatoms. The first-order valence-corrected chi connectivity index (χ1v) is 6.49. The summed E-state index contributed by atoms with van der Waals surface area (Å²) in [6.07, 6.45) is 0.769. The summed E-state index contributed by atoms with van der Waals surface area (Å²) in [4.78, 5) is 14.7. The van der Waals surface area contributed by atoms with Crippen LogP contribution < -0.4 is 5.56 Å². The fourth-order valence-corrected chi connectivity index (χ4v) is 2.27. The van der Waals surface area contributed by atoms with Crippen molar-refractivity contribution < 1.29 is 0 Å². The number of halogens is 1. The number of pyridine rings is 1. The van der Waals surface area contributed by atoms with Crippen molar-refractivity contribution in [2.24, 2.45) is 0 Å². The molecule has 84 valence electrons. The lowest BCUT2D eigenvalue weighted by molar-refractivity contribution is 1.08. The summed E-state index contributed by atoms with van der Waals surface area (Å²) in [5.74, 6) is 0. The molecule has 2 aromatic rings. The summed E-state index contributed by atoms with van der Waals surface area (Å²) < 4.78 is 0. The minimum Gasteiger partial charge on any atom is -0.322 e. The molecule has 1 heterocycles. The number of aryl methyl sites for hydroxylation is 2. The lowest BCUT2D eigenvalue weighted by Crippen LogP contribution is -2.11. The molecule has 0 atom stereocenters. The van der Waals surface area contributed by atoms with E-state index in [0.717, 1.165) is 28.2 Å². The monoisotopic (exact) mass is 279 g/mol. The number of nitrogens with one attached hydrogen (secondary N) is 1. The summed E-state index contributed by atoms with van der Waals surface area (Å²) in [6.45, 7) is 4.07. The van der Waals surface area contributed by atoms with Gasteiger partial charge in [0.25, 0.3) is 5.56 Å². The maximum Gasteiger partial charge on any atom is 0.251 e. The predicted molar refractivity (Wildman–Crippen MR) is 71.3 cm³/mol. The van der Waals surface area contributed by atoms with Crippen LogP contribution in [0.4, 0.5) is 0 Å². The van der Waals surface area contributed by atoms with Crippen molar-refractivity contribution in [1.29, 1.82) is 0 Å². The largest absolute Gasteiger partial charge is 0.322 e. The number of alkyl halides is 1. The molecule has 0 unspecified atom stereocenters. The van der Waals surface area contributed by atoms with Crippen molar-refractivity contribution in [2.75, 3.05) is 0 Å². The van der Waals surface area contributed by atoms with E-state index in [1.54, 1.807) is 0 Å². The van der Waals surface area contributed by atoms with Gasteiger partial charge in [0, 0.05) is 21.8 Å². The maximum atomic E-state index is 11.7. The van der Waals surface area contributed by atoms with E-state index in [4.69, 9.17) is 0 Å². The number of H-pyrrole nitrogens is 1. The molecule has 0 bridgehead atoms. The van der Waals surface area contributed by atoms with Crippen LogP contribution in [0.15, 0.2) is 23.0 Å². The predicted octanol–water partition coefficient (Wildman–Crippen LogP) is 3.29. The van der Waals surface area contributed by atoms with E-state index in [0.29, 0.717) is 0 Å². The first-order valence-electron chi connectivity index (χ1n) is 5.37. The Morgan fingerprint density at radius 2 is 2.06 bits per heavy atom. The Morgan fingerprint density at radius 3 is 2.69 bits per heavy atom. The quantitative estimate of drug-likeness (QED) is 0.841. The summed E-state index contributed by atoms with van der Waals surface area (Å²) >= 11 is 3.43. The molecule has 0 amide bonds. The highest BCUT2D eigenvalue weighted by Gasteiger charge is 2.04. The molecule has 0 aliphatic carbocycles. The molecule has 1 N–H and O–H groups in total. The van der Waals surface area contributed by atoms with Gasteiger partial charge in [0.1, 0.15) is 0 Å². The summed E-state index contributed by atoms with van der Waals surface area (Å²) in [5, 5.41) is 1.95. The Labute approximate surface area is 103 Å². The van der Waals surface area contributed by atoms with E-state index in [-0.39, 0.29) is 5.56 Å². The zero-order chi connectivity index (χ0) is 11.7. The van der Waals surface area contributed by atoms with Crippen LogP contribution in [0.1, 0.15) is 23.6 Å². The van der Waals surface area contributed by atoms with Gasteiger partial charge in [-0.15, -0.1) is 0 Å². The Morgan fingerprint density at radius 1 is 1.31 bits per heavy atom. The van der Waals surface area contributed by atoms with Crippen molar-refractivity contribution in [3.63, 3.8) is 0 Å². The molecule has 1 aromatic carbocycles. The molecule has 0 spiro atoms. The summed E-state index contributed by atoms with van der Waals surface area (Å²) in [5.41, 5.74) is 4.20.